The molecular formula is C15H23N3O. The van der Waals surface area contributed by atoms with Gasteiger partial charge in [-0.25, -0.2) is 9.97 Å². The molecule has 1 heterocycles. The first kappa shape index (κ1) is 12.9. The maximum atomic E-state index is 10.4. The summed E-state index contributed by atoms with van der Waals surface area (Å²) in [5, 5.41) is 13.8. The molecule has 0 unspecified atom stereocenters. The Balaban J connectivity index is 1.73. The van der Waals surface area contributed by atoms with E-state index in [1.54, 1.807) is 6.33 Å². The number of nitrogens with zero attached hydrogens (tertiary/aromatic N) is 2. The van der Waals surface area contributed by atoms with E-state index in [1.165, 1.54) is 30.5 Å². The average Bonchev–Trinajstić information content (AvgIpc) is 2.71. The maximum Gasteiger partial charge on any atom is 0.132 e. The normalized spacial score (nSPS) is 21.7. The summed E-state index contributed by atoms with van der Waals surface area (Å²) in [6, 6.07) is 0. The lowest BCUT2D eigenvalue weighted by molar-refractivity contribution is 0.0613. The van der Waals surface area contributed by atoms with E-state index in [2.05, 4.69) is 15.3 Å². The fourth-order valence-electron chi connectivity index (χ4n) is 3.31. The first-order chi connectivity index (χ1) is 9.27. The third-order valence-electron chi connectivity index (χ3n) is 4.49. The van der Waals surface area contributed by atoms with Crippen LogP contribution >= 0.6 is 0 Å². The summed E-state index contributed by atoms with van der Waals surface area (Å²) >= 11 is 0. The maximum absolute atomic E-state index is 10.4. The Labute approximate surface area is 114 Å². The number of anilines is 1. The second-order valence-electron chi connectivity index (χ2n) is 5.99. The number of nitrogens with one attached hydrogen (secondary N) is 1. The molecule has 0 radical (unpaired) electrons. The molecule has 0 amide bonds. The first-order valence-electron chi connectivity index (χ1n) is 7.56. The number of rotatable bonds is 3. The molecule has 2 aliphatic rings. The van der Waals surface area contributed by atoms with E-state index in [0.717, 1.165) is 44.3 Å². The molecule has 0 atom stereocenters. The minimum absolute atomic E-state index is 0.525. The fourth-order valence-corrected chi connectivity index (χ4v) is 3.31. The Hall–Kier alpha value is -1.16. The highest BCUT2D eigenvalue weighted by molar-refractivity contribution is 5.46. The van der Waals surface area contributed by atoms with Crippen LogP contribution in [0.3, 0.4) is 0 Å². The zero-order valence-electron chi connectivity index (χ0n) is 11.5. The van der Waals surface area contributed by atoms with Gasteiger partial charge in [0.1, 0.15) is 12.1 Å². The van der Waals surface area contributed by atoms with Gasteiger partial charge in [0.05, 0.1) is 5.60 Å². The minimum atomic E-state index is -0.525. The van der Waals surface area contributed by atoms with Crippen LogP contribution in [-0.4, -0.2) is 27.2 Å². The molecule has 3 rings (SSSR count). The Bertz CT molecular complexity index is 441. The van der Waals surface area contributed by atoms with E-state index in [1.807, 2.05) is 0 Å². The van der Waals surface area contributed by atoms with Gasteiger partial charge in [-0.05, 0) is 38.5 Å². The molecule has 0 saturated heterocycles. The van der Waals surface area contributed by atoms with Gasteiger partial charge in [0.25, 0.3) is 0 Å². The van der Waals surface area contributed by atoms with Gasteiger partial charge in [-0.1, -0.05) is 19.3 Å². The lowest BCUT2D eigenvalue weighted by Gasteiger charge is -2.23. The molecule has 2 N–H and O–H groups in total. The minimum Gasteiger partial charge on any atom is -0.388 e. The molecule has 0 aromatic carbocycles. The summed E-state index contributed by atoms with van der Waals surface area (Å²) in [5.74, 6) is 0.951. The number of aliphatic hydroxyl groups is 1. The number of hydrogen-bond donors (Lipinski definition) is 2. The van der Waals surface area contributed by atoms with Crippen LogP contribution in [0.15, 0.2) is 6.33 Å². The van der Waals surface area contributed by atoms with Crippen LogP contribution in [0, 0.1) is 0 Å². The SMILES string of the molecule is OC1(CNc2ncnc3c2CCCCC3)CCCC1. The summed E-state index contributed by atoms with van der Waals surface area (Å²) in [6.07, 6.45) is 11.6. The van der Waals surface area contributed by atoms with Crippen LogP contribution in [0.5, 0.6) is 0 Å². The zero-order valence-corrected chi connectivity index (χ0v) is 11.5. The van der Waals surface area contributed by atoms with Crippen molar-refractivity contribution in [2.75, 3.05) is 11.9 Å². The van der Waals surface area contributed by atoms with Crippen LogP contribution < -0.4 is 5.32 Å². The van der Waals surface area contributed by atoms with Crippen LogP contribution in [0.2, 0.25) is 0 Å². The van der Waals surface area contributed by atoms with Gasteiger partial charge in [0, 0.05) is 17.8 Å². The average molecular weight is 261 g/mol. The van der Waals surface area contributed by atoms with Crippen molar-refractivity contribution in [3.8, 4) is 0 Å². The largest absolute Gasteiger partial charge is 0.388 e. The molecule has 0 bridgehead atoms. The highest BCUT2D eigenvalue weighted by Gasteiger charge is 2.31. The first-order valence-corrected chi connectivity index (χ1v) is 7.56. The van der Waals surface area contributed by atoms with E-state index in [0.29, 0.717) is 6.54 Å². The van der Waals surface area contributed by atoms with E-state index in [9.17, 15) is 5.11 Å². The molecule has 4 heteroatoms. The van der Waals surface area contributed by atoms with Crippen molar-refractivity contribution >= 4 is 5.82 Å². The lowest BCUT2D eigenvalue weighted by Crippen LogP contribution is -2.34. The van der Waals surface area contributed by atoms with Gasteiger partial charge < -0.3 is 10.4 Å². The van der Waals surface area contributed by atoms with Crippen LogP contribution in [-0.2, 0) is 12.8 Å². The van der Waals surface area contributed by atoms with Crippen molar-refractivity contribution in [3.05, 3.63) is 17.6 Å². The molecular weight excluding hydrogens is 238 g/mol. The van der Waals surface area contributed by atoms with Crippen LogP contribution in [0.4, 0.5) is 5.82 Å². The molecule has 1 saturated carbocycles. The van der Waals surface area contributed by atoms with E-state index in [-0.39, 0.29) is 0 Å². The third kappa shape index (κ3) is 2.89. The van der Waals surface area contributed by atoms with E-state index in [4.69, 9.17) is 0 Å². The van der Waals surface area contributed by atoms with E-state index < -0.39 is 5.60 Å². The van der Waals surface area contributed by atoms with E-state index >= 15 is 0 Å². The molecule has 2 aliphatic carbocycles. The quantitative estimate of drug-likeness (QED) is 0.821. The Kier molecular flexibility index (Phi) is 3.69. The standard InChI is InChI=1S/C15H23N3O/c19-15(8-4-5-9-15)10-16-14-12-6-2-1-3-7-13(12)17-11-18-14/h11,19H,1-10H2,(H,16,17,18). The van der Waals surface area contributed by atoms with Crippen molar-refractivity contribution in [2.45, 2.75) is 63.4 Å². The van der Waals surface area contributed by atoms with Crippen molar-refractivity contribution in [2.24, 2.45) is 0 Å². The highest BCUT2D eigenvalue weighted by atomic mass is 16.3. The molecule has 1 aromatic heterocycles. The summed E-state index contributed by atoms with van der Waals surface area (Å²) in [6.45, 7) is 0.621. The summed E-state index contributed by atoms with van der Waals surface area (Å²) < 4.78 is 0. The number of fused-ring (bicyclic) bond motifs is 1. The smallest absolute Gasteiger partial charge is 0.132 e. The Morgan fingerprint density at radius 3 is 2.68 bits per heavy atom. The number of aryl methyl sites for hydroxylation is 1. The lowest BCUT2D eigenvalue weighted by atomic mass is 10.0. The Morgan fingerprint density at radius 2 is 1.84 bits per heavy atom. The highest BCUT2D eigenvalue weighted by Crippen LogP contribution is 2.30. The van der Waals surface area contributed by atoms with Crippen molar-refractivity contribution in [3.63, 3.8) is 0 Å². The van der Waals surface area contributed by atoms with Gasteiger partial charge in [-0.2, -0.15) is 0 Å². The van der Waals surface area contributed by atoms with Gasteiger partial charge in [0.15, 0.2) is 0 Å². The predicted molar refractivity (Wildman–Crippen MR) is 75.2 cm³/mol. The van der Waals surface area contributed by atoms with Crippen molar-refractivity contribution in [1.82, 2.24) is 9.97 Å². The second kappa shape index (κ2) is 5.45. The topological polar surface area (TPSA) is 58.0 Å². The monoisotopic (exact) mass is 261 g/mol. The second-order valence-corrected chi connectivity index (χ2v) is 5.99. The Morgan fingerprint density at radius 1 is 1.05 bits per heavy atom. The summed E-state index contributed by atoms with van der Waals surface area (Å²) in [7, 11) is 0. The van der Waals surface area contributed by atoms with Gasteiger partial charge in [0.2, 0.25) is 0 Å². The van der Waals surface area contributed by atoms with Crippen LogP contribution in [0.25, 0.3) is 0 Å². The summed E-state index contributed by atoms with van der Waals surface area (Å²) in [5.41, 5.74) is 1.96. The molecule has 1 aromatic rings. The number of hydrogen-bond acceptors (Lipinski definition) is 4. The molecule has 19 heavy (non-hydrogen) atoms. The van der Waals surface area contributed by atoms with Crippen molar-refractivity contribution < 1.29 is 5.11 Å². The number of aromatic nitrogens is 2. The summed E-state index contributed by atoms with van der Waals surface area (Å²) in [4.78, 5) is 8.82. The van der Waals surface area contributed by atoms with Gasteiger partial charge in [-0.15, -0.1) is 0 Å². The molecule has 0 spiro atoms. The van der Waals surface area contributed by atoms with Gasteiger partial charge >= 0.3 is 0 Å². The molecule has 0 aliphatic heterocycles. The molecule has 1 fully saturated rings. The molecule has 104 valence electrons. The van der Waals surface area contributed by atoms with Gasteiger partial charge in [-0.3, -0.25) is 0 Å². The third-order valence-corrected chi connectivity index (χ3v) is 4.49. The van der Waals surface area contributed by atoms with Crippen molar-refractivity contribution in [1.29, 1.82) is 0 Å². The predicted octanol–water partition coefficient (Wildman–Crippen LogP) is 2.46. The fraction of sp³-hybridized carbons (Fsp3) is 0.733. The zero-order chi connectivity index (χ0) is 13.1. The van der Waals surface area contributed by atoms with Crippen LogP contribution in [0.1, 0.15) is 56.2 Å². The molecule has 4 nitrogen and oxygen atoms in total.